The van der Waals surface area contributed by atoms with E-state index >= 15 is 0 Å². The van der Waals surface area contributed by atoms with Crippen LogP contribution in [0.5, 0.6) is 5.88 Å². The normalized spacial score (nSPS) is 25.7. The molecule has 0 radical (unpaired) electrons. The van der Waals surface area contributed by atoms with Crippen LogP contribution in [0.3, 0.4) is 0 Å². The van der Waals surface area contributed by atoms with Crippen LogP contribution < -0.4 is 15.4 Å². The van der Waals surface area contributed by atoms with Crippen molar-refractivity contribution in [1.82, 2.24) is 10.3 Å². The summed E-state index contributed by atoms with van der Waals surface area (Å²) in [7, 11) is 1.61. The van der Waals surface area contributed by atoms with Gasteiger partial charge in [-0.05, 0) is 18.9 Å². The van der Waals surface area contributed by atoms with Gasteiger partial charge in [0.25, 0.3) is 0 Å². The van der Waals surface area contributed by atoms with Crippen molar-refractivity contribution in [3.63, 3.8) is 0 Å². The van der Waals surface area contributed by atoms with Crippen molar-refractivity contribution in [1.29, 1.82) is 0 Å². The van der Waals surface area contributed by atoms with E-state index in [0.717, 1.165) is 25.9 Å². The standard InChI is InChI=1S/C17H25N3O5/c1-22-8-9-24-15-3-2-14(11-18-15)20-16(21)19-13-4-6-25-17(10-13)5-7-23-12-17/h2-3,11,13H,4-10,12H2,1H3,(H2,19,20,21)/t13-,17-/m0/s1. The molecule has 0 aliphatic carbocycles. The average Bonchev–Trinajstić information content (AvgIpc) is 3.04. The number of rotatable bonds is 6. The van der Waals surface area contributed by atoms with E-state index in [1.54, 1.807) is 25.4 Å². The van der Waals surface area contributed by atoms with Crippen LogP contribution in [0.1, 0.15) is 19.3 Å². The Labute approximate surface area is 147 Å². The average molecular weight is 351 g/mol. The highest BCUT2D eigenvalue weighted by atomic mass is 16.6. The number of urea groups is 1. The zero-order valence-corrected chi connectivity index (χ0v) is 14.5. The van der Waals surface area contributed by atoms with E-state index in [2.05, 4.69) is 15.6 Å². The van der Waals surface area contributed by atoms with E-state index in [1.807, 2.05) is 0 Å². The smallest absolute Gasteiger partial charge is 0.319 e. The van der Waals surface area contributed by atoms with Crippen molar-refractivity contribution in [2.75, 3.05) is 45.5 Å². The number of nitrogens with one attached hydrogen (secondary N) is 2. The van der Waals surface area contributed by atoms with Gasteiger partial charge in [0, 0.05) is 38.9 Å². The Morgan fingerprint density at radius 3 is 3.04 bits per heavy atom. The van der Waals surface area contributed by atoms with E-state index in [9.17, 15) is 4.79 Å². The van der Waals surface area contributed by atoms with E-state index in [1.165, 1.54) is 0 Å². The number of carbonyl (C=O) groups excluding carboxylic acids is 1. The van der Waals surface area contributed by atoms with Gasteiger partial charge in [-0.15, -0.1) is 0 Å². The van der Waals surface area contributed by atoms with Gasteiger partial charge in [0.15, 0.2) is 0 Å². The quantitative estimate of drug-likeness (QED) is 0.756. The van der Waals surface area contributed by atoms with Crippen molar-refractivity contribution >= 4 is 11.7 Å². The number of carbonyl (C=O) groups is 1. The van der Waals surface area contributed by atoms with Gasteiger partial charge in [0.1, 0.15) is 6.61 Å². The Balaban J connectivity index is 1.45. The molecule has 2 N–H and O–H groups in total. The molecule has 8 heteroatoms. The molecule has 1 aromatic rings. The molecule has 2 saturated heterocycles. The lowest BCUT2D eigenvalue weighted by molar-refractivity contribution is -0.0877. The highest BCUT2D eigenvalue weighted by molar-refractivity contribution is 5.89. The van der Waals surface area contributed by atoms with Crippen LogP contribution in [0.4, 0.5) is 10.5 Å². The van der Waals surface area contributed by atoms with Crippen LogP contribution >= 0.6 is 0 Å². The molecule has 1 spiro atoms. The molecular weight excluding hydrogens is 326 g/mol. The van der Waals surface area contributed by atoms with E-state index in [-0.39, 0.29) is 17.7 Å². The van der Waals surface area contributed by atoms with Crippen molar-refractivity contribution in [3.8, 4) is 5.88 Å². The maximum Gasteiger partial charge on any atom is 0.319 e. The minimum Gasteiger partial charge on any atom is -0.475 e. The molecule has 8 nitrogen and oxygen atoms in total. The summed E-state index contributed by atoms with van der Waals surface area (Å²) in [6.07, 6.45) is 4.05. The molecule has 0 aromatic carbocycles. The third kappa shape index (κ3) is 5.04. The number of amides is 2. The van der Waals surface area contributed by atoms with Crippen LogP contribution in [-0.2, 0) is 14.2 Å². The predicted molar refractivity (Wildman–Crippen MR) is 90.9 cm³/mol. The van der Waals surface area contributed by atoms with Gasteiger partial charge < -0.3 is 29.6 Å². The fourth-order valence-corrected chi connectivity index (χ4v) is 3.14. The topological polar surface area (TPSA) is 90.9 Å². The van der Waals surface area contributed by atoms with Gasteiger partial charge in [-0.25, -0.2) is 9.78 Å². The van der Waals surface area contributed by atoms with Gasteiger partial charge in [0.2, 0.25) is 5.88 Å². The van der Waals surface area contributed by atoms with Crippen LogP contribution in [0, 0.1) is 0 Å². The van der Waals surface area contributed by atoms with Crippen molar-refractivity contribution in [2.45, 2.75) is 30.9 Å². The Morgan fingerprint density at radius 2 is 2.32 bits per heavy atom. The zero-order valence-electron chi connectivity index (χ0n) is 14.5. The molecule has 3 rings (SSSR count). The maximum absolute atomic E-state index is 12.2. The fourth-order valence-electron chi connectivity index (χ4n) is 3.14. The van der Waals surface area contributed by atoms with E-state index in [0.29, 0.717) is 38.0 Å². The number of aromatic nitrogens is 1. The summed E-state index contributed by atoms with van der Waals surface area (Å²) in [5, 5.41) is 5.81. The minimum atomic E-state index is -0.240. The molecule has 25 heavy (non-hydrogen) atoms. The van der Waals surface area contributed by atoms with Crippen LogP contribution in [-0.4, -0.2) is 62.8 Å². The molecule has 2 amide bonds. The molecule has 0 unspecified atom stereocenters. The molecule has 138 valence electrons. The molecule has 2 atom stereocenters. The van der Waals surface area contributed by atoms with Gasteiger partial charge in [0.05, 0.1) is 30.7 Å². The third-order valence-corrected chi connectivity index (χ3v) is 4.43. The summed E-state index contributed by atoms with van der Waals surface area (Å²) in [5.74, 6) is 0.496. The number of hydrogen-bond donors (Lipinski definition) is 2. The molecular formula is C17H25N3O5. The summed E-state index contributed by atoms with van der Waals surface area (Å²) >= 11 is 0. The van der Waals surface area contributed by atoms with E-state index in [4.69, 9.17) is 18.9 Å². The van der Waals surface area contributed by atoms with Crippen molar-refractivity contribution in [3.05, 3.63) is 18.3 Å². The summed E-state index contributed by atoms with van der Waals surface area (Å²) in [5.41, 5.74) is 0.390. The lowest BCUT2D eigenvalue weighted by Gasteiger charge is -2.37. The number of methoxy groups -OCH3 is 1. The largest absolute Gasteiger partial charge is 0.475 e. The van der Waals surface area contributed by atoms with Gasteiger partial charge >= 0.3 is 6.03 Å². The fraction of sp³-hybridized carbons (Fsp3) is 0.647. The Morgan fingerprint density at radius 1 is 1.40 bits per heavy atom. The highest BCUT2D eigenvalue weighted by Crippen LogP contribution is 2.32. The molecule has 0 saturated carbocycles. The zero-order chi connectivity index (χ0) is 17.5. The predicted octanol–water partition coefficient (Wildman–Crippen LogP) is 1.57. The second-order valence-electron chi connectivity index (χ2n) is 6.35. The summed E-state index contributed by atoms with van der Waals surface area (Å²) in [4.78, 5) is 16.4. The van der Waals surface area contributed by atoms with Crippen LogP contribution in [0.25, 0.3) is 0 Å². The number of nitrogens with zero attached hydrogens (tertiary/aromatic N) is 1. The third-order valence-electron chi connectivity index (χ3n) is 4.43. The summed E-state index contributed by atoms with van der Waals surface area (Å²) in [6.45, 7) is 2.92. The Hall–Kier alpha value is -1.90. The van der Waals surface area contributed by atoms with Crippen LogP contribution in [0.15, 0.2) is 18.3 Å². The maximum atomic E-state index is 12.2. The first-order chi connectivity index (χ1) is 12.2. The molecule has 2 aliphatic heterocycles. The number of pyridine rings is 1. The molecule has 1 aromatic heterocycles. The van der Waals surface area contributed by atoms with Crippen LogP contribution in [0.2, 0.25) is 0 Å². The minimum absolute atomic E-state index is 0.0834. The van der Waals surface area contributed by atoms with Gasteiger partial charge in [-0.3, -0.25) is 0 Å². The monoisotopic (exact) mass is 351 g/mol. The molecule has 0 bridgehead atoms. The summed E-state index contributed by atoms with van der Waals surface area (Å²) < 4.78 is 21.6. The SMILES string of the molecule is COCCOc1ccc(NC(=O)N[C@H]2CCO[C@@]3(CCOC3)C2)cn1. The number of ether oxygens (including phenoxy) is 4. The second kappa shape index (κ2) is 8.46. The van der Waals surface area contributed by atoms with Gasteiger partial charge in [-0.2, -0.15) is 0 Å². The second-order valence-corrected chi connectivity index (χ2v) is 6.35. The highest BCUT2D eigenvalue weighted by Gasteiger charge is 2.41. The number of anilines is 1. The van der Waals surface area contributed by atoms with Gasteiger partial charge in [-0.1, -0.05) is 0 Å². The lowest BCUT2D eigenvalue weighted by atomic mass is 9.90. The molecule has 3 heterocycles. The Bertz CT molecular complexity index is 560. The first-order valence-corrected chi connectivity index (χ1v) is 8.56. The molecule has 2 aliphatic rings. The summed E-state index contributed by atoms with van der Waals surface area (Å²) in [6, 6.07) is 3.31. The number of hydrogen-bond acceptors (Lipinski definition) is 6. The lowest BCUT2D eigenvalue weighted by Crippen LogP contribution is -2.49. The Kier molecular flexibility index (Phi) is 6.06. The van der Waals surface area contributed by atoms with Crippen molar-refractivity contribution < 1.29 is 23.7 Å². The van der Waals surface area contributed by atoms with Crippen molar-refractivity contribution in [2.24, 2.45) is 0 Å². The first kappa shape index (κ1) is 17.9. The van der Waals surface area contributed by atoms with E-state index < -0.39 is 0 Å². The molecule has 2 fully saturated rings. The first-order valence-electron chi connectivity index (χ1n) is 8.56.